The van der Waals surface area contributed by atoms with Crippen molar-refractivity contribution in [2.75, 3.05) is 53.0 Å². The number of benzene rings is 1. The third-order valence-electron chi connectivity index (χ3n) is 4.15. The number of morpholine rings is 1. The van der Waals surface area contributed by atoms with Crippen molar-refractivity contribution in [3.63, 3.8) is 0 Å². The second-order valence-corrected chi connectivity index (χ2v) is 6.07. The Balaban J connectivity index is 1.65. The maximum atomic E-state index is 5.93. The predicted molar refractivity (Wildman–Crippen MR) is 97.8 cm³/mol. The molecule has 1 aliphatic heterocycles. The number of nitrogens with zero attached hydrogens (tertiary/aromatic N) is 2. The molecule has 0 amide bonds. The van der Waals surface area contributed by atoms with Gasteiger partial charge in [-0.25, -0.2) is 0 Å². The molecular formula is C18H30N4O2. The van der Waals surface area contributed by atoms with E-state index in [2.05, 4.69) is 34.3 Å². The van der Waals surface area contributed by atoms with Crippen LogP contribution >= 0.6 is 0 Å². The van der Waals surface area contributed by atoms with Gasteiger partial charge in [0.25, 0.3) is 0 Å². The van der Waals surface area contributed by atoms with Crippen LogP contribution in [0, 0.1) is 6.92 Å². The summed E-state index contributed by atoms with van der Waals surface area (Å²) in [6.45, 7) is 8.38. The van der Waals surface area contributed by atoms with Crippen molar-refractivity contribution in [2.45, 2.75) is 19.8 Å². The molecule has 0 atom stereocenters. The molecule has 1 aliphatic rings. The summed E-state index contributed by atoms with van der Waals surface area (Å²) in [7, 11) is 1.70. The van der Waals surface area contributed by atoms with Crippen molar-refractivity contribution in [1.82, 2.24) is 10.2 Å². The van der Waals surface area contributed by atoms with Crippen LogP contribution in [0.1, 0.15) is 17.5 Å². The summed E-state index contributed by atoms with van der Waals surface area (Å²) in [4.78, 5) is 6.80. The Morgan fingerprint density at radius 3 is 2.92 bits per heavy atom. The first-order chi connectivity index (χ1) is 11.7. The Hall–Kier alpha value is -1.79. The molecule has 24 heavy (non-hydrogen) atoms. The van der Waals surface area contributed by atoms with Gasteiger partial charge in [-0.2, -0.15) is 0 Å². The summed E-state index contributed by atoms with van der Waals surface area (Å²) in [6, 6.07) is 6.21. The number of aryl methyl sites for hydroxylation is 1. The first kappa shape index (κ1) is 18.5. The molecule has 1 aromatic carbocycles. The largest absolute Gasteiger partial charge is 0.496 e. The average Bonchev–Trinajstić information content (AvgIpc) is 2.60. The van der Waals surface area contributed by atoms with Crippen LogP contribution in [0.15, 0.2) is 23.2 Å². The fraction of sp³-hybridized carbons (Fsp3) is 0.611. The Kier molecular flexibility index (Phi) is 7.85. The molecule has 0 saturated carbocycles. The molecule has 134 valence electrons. The van der Waals surface area contributed by atoms with Crippen LogP contribution in [-0.4, -0.2) is 63.9 Å². The van der Waals surface area contributed by atoms with Crippen LogP contribution in [-0.2, 0) is 11.2 Å². The number of methoxy groups -OCH3 is 1. The highest BCUT2D eigenvalue weighted by molar-refractivity contribution is 5.77. The van der Waals surface area contributed by atoms with E-state index in [0.717, 1.165) is 64.5 Å². The molecule has 6 nitrogen and oxygen atoms in total. The number of nitrogens with two attached hydrogens (primary N) is 1. The molecule has 0 spiro atoms. The minimum Gasteiger partial charge on any atom is -0.496 e. The maximum absolute atomic E-state index is 5.93. The summed E-state index contributed by atoms with van der Waals surface area (Å²) in [6.07, 6.45) is 1.88. The van der Waals surface area contributed by atoms with Crippen LogP contribution in [0.5, 0.6) is 5.75 Å². The number of nitrogens with one attached hydrogen (secondary N) is 1. The molecule has 0 bridgehead atoms. The highest BCUT2D eigenvalue weighted by Gasteiger charge is 2.09. The summed E-state index contributed by atoms with van der Waals surface area (Å²) in [5.74, 6) is 1.44. The first-order valence-corrected chi connectivity index (χ1v) is 8.66. The smallest absolute Gasteiger partial charge is 0.188 e. The Morgan fingerprint density at radius 2 is 2.17 bits per heavy atom. The van der Waals surface area contributed by atoms with Gasteiger partial charge in [-0.3, -0.25) is 9.89 Å². The normalized spacial score (nSPS) is 16.2. The van der Waals surface area contributed by atoms with Gasteiger partial charge in [0.05, 0.1) is 20.3 Å². The van der Waals surface area contributed by atoms with E-state index in [-0.39, 0.29) is 0 Å². The monoisotopic (exact) mass is 334 g/mol. The van der Waals surface area contributed by atoms with Crippen molar-refractivity contribution < 1.29 is 9.47 Å². The van der Waals surface area contributed by atoms with Crippen molar-refractivity contribution in [1.29, 1.82) is 0 Å². The van der Waals surface area contributed by atoms with Gasteiger partial charge >= 0.3 is 0 Å². The fourth-order valence-corrected chi connectivity index (χ4v) is 2.80. The van der Waals surface area contributed by atoms with Crippen LogP contribution < -0.4 is 15.8 Å². The third-order valence-corrected chi connectivity index (χ3v) is 4.15. The van der Waals surface area contributed by atoms with E-state index in [1.807, 2.05) is 6.07 Å². The van der Waals surface area contributed by atoms with E-state index in [0.29, 0.717) is 5.96 Å². The molecule has 1 heterocycles. The first-order valence-electron chi connectivity index (χ1n) is 8.66. The summed E-state index contributed by atoms with van der Waals surface area (Å²) >= 11 is 0. The Labute approximate surface area is 145 Å². The predicted octanol–water partition coefficient (Wildman–Crippen LogP) is 1.17. The summed E-state index contributed by atoms with van der Waals surface area (Å²) < 4.78 is 10.7. The van der Waals surface area contributed by atoms with E-state index in [4.69, 9.17) is 15.2 Å². The van der Waals surface area contributed by atoms with Gasteiger partial charge < -0.3 is 20.5 Å². The Morgan fingerprint density at radius 1 is 1.38 bits per heavy atom. The van der Waals surface area contributed by atoms with Gasteiger partial charge in [-0.1, -0.05) is 17.7 Å². The number of aliphatic imine (C=N–C) groups is 1. The minimum atomic E-state index is 0.517. The highest BCUT2D eigenvalue weighted by atomic mass is 16.5. The quantitative estimate of drug-likeness (QED) is 0.424. The zero-order chi connectivity index (χ0) is 17.2. The van der Waals surface area contributed by atoms with E-state index >= 15 is 0 Å². The standard InChI is InChI=1S/C18H30N4O2/c1-15-4-5-17(23-2)16(14-15)6-8-21-18(19)20-7-3-9-22-10-12-24-13-11-22/h4-5,14H,3,6-13H2,1-2H3,(H3,19,20,21). The van der Waals surface area contributed by atoms with E-state index < -0.39 is 0 Å². The molecule has 1 fully saturated rings. The molecule has 0 unspecified atom stereocenters. The molecule has 2 rings (SSSR count). The maximum Gasteiger partial charge on any atom is 0.188 e. The number of hydrogen-bond donors (Lipinski definition) is 2. The van der Waals surface area contributed by atoms with Crippen LogP contribution in [0.4, 0.5) is 0 Å². The van der Waals surface area contributed by atoms with Crippen molar-refractivity contribution in [3.8, 4) is 5.75 Å². The molecule has 1 saturated heterocycles. The van der Waals surface area contributed by atoms with Gasteiger partial charge in [0, 0.05) is 32.7 Å². The van der Waals surface area contributed by atoms with Gasteiger partial charge in [0.2, 0.25) is 0 Å². The van der Waals surface area contributed by atoms with Crippen LogP contribution in [0.3, 0.4) is 0 Å². The highest BCUT2D eigenvalue weighted by Crippen LogP contribution is 2.19. The SMILES string of the molecule is COc1ccc(C)cc1CCNC(N)=NCCCN1CCOCC1. The summed E-state index contributed by atoms with van der Waals surface area (Å²) in [5, 5.41) is 3.18. The summed E-state index contributed by atoms with van der Waals surface area (Å²) in [5.41, 5.74) is 8.35. The Bertz CT molecular complexity index is 528. The number of ether oxygens (including phenoxy) is 2. The lowest BCUT2D eigenvalue weighted by Gasteiger charge is -2.26. The minimum absolute atomic E-state index is 0.517. The molecule has 6 heteroatoms. The van der Waals surface area contributed by atoms with Crippen LogP contribution in [0.25, 0.3) is 0 Å². The van der Waals surface area contributed by atoms with Gasteiger partial charge in [0.1, 0.15) is 5.75 Å². The third kappa shape index (κ3) is 6.37. The zero-order valence-corrected chi connectivity index (χ0v) is 14.9. The molecule has 0 radical (unpaired) electrons. The molecule has 0 aliphatic carbocycles. The van der Waals surface area contributed by atoms with Gasteiger partial charge in [-0.15, -0.1) is 0 Å². The van der Waals surface area contributed by atoms with E-state index in [9.17, 15) is 0 Å². The van der Waals surface area contributed by atoms with Gasteiger partial charge in [-0.05, 0) is 31.4 Å². The number of guanidine groups is 1. The zero-order valence-electron chi connectivity index (χ0n) is 14.9. The second kappa shape index (κ2) is 10.2. The van der Waals surface area contributed by atoms with Crippen LogP contribution in [0.2, 0.25) is 0 Å². The molecule has 3 N–H and O–H groups in total. The lowest BCUT2D eigenvalue weighted by Crippen LogP contribution is -2.37. The topological polar surface area (TPSA) is 72.1 Å². The van der Waals surface area contributed by atoms with Crippen molar-refractivity contribution in [2.24, 2.45) is 10.7 Å². The molecular weight excluding hydrogens is 304 g/mol. The van der Waals surface area contributed by atoms with Crippen molar-refractivity contribution in [3.05, 3.63) is 29.3 Å². The van der Waals surface area contributed by atoms with E-state index in [1.165, 1.54) is 11.1 Å². The molecule has 1 aromatic rings. The average molecular weight is 334 g/mol. The number of hydrogen-bond acceptors (Lipinski definition) is 4. The lowest BCUT2D eigenvalue weighted by molar-refractivity contribution is 0.0377. The fourth-order valence-electron chi connectivity index (χ4n) is 2.80. The lowest BCUT2D eigenvalue weighted by atomic mass is 10.1. The number of rotatable bonds is 8. The second-order valence-electron chi connectivity index (χ2n) is 6.07. The molecule has 0 aromatic heterocycles. The van der Waals surface area contributed by atoms with Crippen molar-refractivity contribution >= 4 is 5.96 Å². The van der Waals surface area contributed by atoms with Gasteiger partial charge in [0.15, 0.2) is 5.96 Å². The van der Waals surface area contributed by atoms with E-state index in [1.54, 1.807) is 7.11 Å².